The Morgan fingerprint density at radius 3 is 2.42 bits per heavy atom. The molecule has 0 fully saturated rings. The zero-order valence-electron chi connectivity index (χ0n) is 14.4. The Hall–Kier alpha value is -1.80. The lowest BCUT2D eigenvalue weighted by atomic mass is 10.1. The van der Waals surface area contributed by atoms with Crippen LogP contribution in [0, 0.1) is 6.92 Å². The minimum absolute atomic E-state index is 0.142. The van der Waals surface area contributed by atoms with E-state index in [-0.39, 0.29) is 28.9 Å². The zero-order chi connectivity index (χ0) is 18.2. The molecule has 1 aromatic rings. The molecule has 132 valence electrons. The van der Waals surface area contributed by atoms with E-state index in [1.54, 1.807) is 0 Å². The molecule has 0 aliphatic carbocycles. The van der Waals surface area contributed by atoms with Crippen LogP contribution in [0.5, 0.6) is 0 Å². The van der Waals surface area contributed by atoms with Gasteiger partial charge in [-0.3, -0.25) is 20.4 Å². The van der Waals surface area contributed by atoms with Gasteiger partial charge >= 0.3 is 0 Å². The predicted molar refractivity (Wildman–Crippen MR) is 104 cm³/mol. The summed E-state index contributed by atoms with van der Waals surface area (Å²) in [5.41, 5.74) is 6.77. The molecule has 24 heavy (non-hydrogen) atoms. The highest BCUT2D eigenvalue weighted by Gasteiger charge is 2.11. The molecule has 0 atom stereocenters. The van der Waals surface area contributed by atoms with Crippen molar-refractivity contribution in [1.29, 1.82) is 0 Å². The topological polar surface area (TPSA) is 82.3 Å². The Labute approximate surface area is 152 Å². The van der Waals surface area contributed by atoms with Crippen LogP contribution in [0.3, 0.4) is 0 Å². The highest BCUT2D eigenvalue weighted by atomic mass is 32.2. The van der Waals surface area contributed by atoms with Crippen LogP contribution in [0.15, 0.2) is 24.3 Å². The Bertz CT molecular complexity index is 600. The van der Waals surface area contributed by atoms with Gasteiger partial charge in [0.15, 0.2) is 5.11 Å². The molecule has 0 heterocycles. The number of hydrogen-bond donors (Lipinski definition) is 4. The van der Waals surface area contributed by atoms with Crippen LogP contribution >= 0.6 is 24.0 Å². The van der Waals surface area contributed by atoms with Gasteiger partial charge in [0.25, 0.3) is 0 Å². The summed E-state index contributed by atoms with van der Waals surface area (Å²) in [7, 11) is 0. The van der Waals surface area contributed by atoms with E-state index in [4.69, 9.17) is 12.2 Å². The van der Waals surface area contributed by atoms with Crippen LogP contribution in [0.2, 0.25) is 0 Å². The molecule has 0 saturated carbocycles. The SMILES string of the molecule is Cc1cccc(NC(=O)CSCC(=O)NNC(=S)NC(C)(C)C)c1. The van der Waals surface area contributed by atoms with E-state index in [9.17, 15) is 9.59 Å². The maximum Gasteiger partial charge on any atom is 0.248 e. The van der Waals surface area contributed by atoms with Crippen LogP contribution in [-0.2, 0) is 9.59 Å². The summed E-state index contributed by atoms with van der Waals surface area (Å²) in [5, 5.41) is 6.16. The number of hydrazine groups is 1. The van der Waals surface area contributed by atoms with Crippen molar-refractivity contribution in [3.8, 4) is 0 Å². The zero-order valence-corrected chi connectivity index (χ0v) is 16.0. The average Bonchev–Trinajstić information content (AvgIpc) is 2.43. The van der Waals surface area contributed by atoms with Gasteiger partial charge < -0.3 is 10.6 Å². The fraction of sp³-hybridized carbons (Fsp3) is 0.438. The summed E-state index contributed by atoms with van der Waals surface area (Å²) in [5.74, 6) is -0.0315. The monoisotopic (exact) mass is 368 g/mol. The molecule has 0 radical (unpaired) electrons. The van der Waals surface area contributed by atoms with E-state index in [0.29, 0.717) is 5.11 Å². The second kappa shape index (κ2) is 9.48. The van der Waals surface area contributed by atoms with Gasteiger partial charge in [0.05, 0.1) is 11.5 Å². The number of nitrogens with one attached hydrogen (secondary N) is 4. The number of benzene rings is 1. The minimum Gasteiger partial charge on any atom is -0.357 e. The van der Waals surface area contributed by atoms with E-state index >= 15 is 0 Å². The molecule has 0 unspecified atom stereocenters. The van der Waals surface area contributed by atoms with Crippen molar-refractivity contribution in [2.24, 2.45) is 0 Å². The number of thiocarbonyl (C=S) groups is 1. The number of anilines is 1. The smallest absolute Gasteiger partial charge is 0.248 e. The molecule has 0 aliphatic heterocycles. The van der Waals surface area contributed by atoms with E-state index in [2.05, 4.69) is 21.5 Å². The highest BCUT2D eigenvalue weighted by Crippen LogP contribution is 2.10. The summed E-state index contributed by atoms with van der Waals surface area (Å²) in [4.78, 5) is 23.5. The van der Waals surface area contributed by atoms with Crippen molar-refractivity contribution < 1.29 is 9.59 Å². The molecule has 0 aromatic heterocycles. The van der Waals surface area contributed by atoms with Crippen molar-refractivity contribution in [3.63, 3.8) is 0 Å². The molecular formula is C16H24N4O2S2. The number of aryl methyl sites for hydroxylation is 1. The Morgan fingerprint density at radius 2 is 1.79 bits per heavy atom. The summed E-state index contributed by atoms with van der Waals surface area (Å²) in [6, 6.07) is 7.56. The maximum atomic E-state index is 11.8. The highest BCUT2D eigenvalue weighted by molar-refractivity contribution is 8.00. The fourth-order valence-electron chi connectivity index (χ4n) is 1.69. The van der Waals surface area contributed by atoms with Gasteiger partial charge in [-0.15, -0.1) is 11.8 Å². The molecule has 8 heteroatoms. The lowest BCUT2D eigenvalue weighted by molar-refractivity contribution is -0.119. The standard InChI is InChI=1S/C16H24N4O2S2/c1-11-6-5-7-12(8-11)17-13(21)9-24-10-14(22)19-20-15(23)18-16(2,3)4/h5-8H,9-10H2,1-4H3,(H,17,21)(H,19,22)(H2,18,20,23). The summed E-state index contributed by atoms with van der Waals surface area (Å²) in [6.07, 6.45) is 0. The molecule has 4 N–H and O–H groups in total. The van der Waals surface area contributed by atoms with Crippen molar-refractivity contribution in [2.75, 3.05) is 16.8 Å². The molecule has 0 spiro atoms. The first-order valence-corrected chi connectivity index (χ1v) is 9.03. The first-order chi connectivity index (χ1) is 11.2. The first-order valence-electron chi connectivity index (χ1n) is 7.47. The summed E-state index contributed by atoms with van der Waals surface area (Å²) >= 11 is 6.28. The normalized spacial score (nSPS) is 10.7. The van der Waals surface area contributed by atoms with Gasteiger partial charge in [-0.05, 0) is 57.6 Å². The quantitative estimate of drug-likeness (QED) is 0.470. The van der Waals surface area contributed by atoms with Crippen LogP contribution in [-0.4, -0.2) is 34.0 Å². The number of amides is 2. The van der Waals surface area contributed by atoms with Crippen molar-refractivity contribution in [1.82, 2.24) is 16.2 Å². The third-order valence-electron chi connectivity index (χ3n) is 2.57. The van der Waals surface area contributed by atoms with E-state index < -0.39 is 0 Å². The van der Waals surface area contributed by atoms with Crippen LogP contribution in [0.4, 0.5) is 5.69 Å². The molecule has 0 aliphatic rings. The summed E-state index contributed by atoms with van der Waals surface area (Å²) in [6.45, 7) is 7.85. The van der Waals surface area contributed by atoms with Crippen molar-refractivity contribution in [3.05, 3.63) is 29.8 Å². The van der Waals surface area contributed by atoms with Gasteiger partial charge in [0, 0.05) is 11.2 Å². The Morgan fingerprint density at radius 1 is 1.12 bits per heavy atom. The second-order valence-electron chi connectivity index (χ2n) is 6.29. The van der Waals surface area contributed by atoms with Gasteiger partial charge in [-0.25, -0.2) is 0 Å². The predicted octanol–water partition coefficient (Wildman–Crippen LogP) is 1.96. The number of hydrogen-bond acceptors (Lipinski definition) is 4. The van der Waals surface area contributed by atoms with Gasteiger partial charge in [0.2, 0.25) is 11.8 Å². The summed E-state index contributed by atoms with van der Waals surface area (Å²) < 4.78 is 0. The Kier molecular flexibility index (Phi) is 8.00. The molecule has 0 saturated heterocycles. The molecule has 1 aromatic carbocycles. The third kappa shape index (κ3) is 9.36. The molecular weight excluding hydrogens is 344 g/mol. The Balaban J connectivity index is 2.21. The van der Waals surface area contributed by atoms with Gasteiger partial charge in [-0.1, -0.05) is 12.1 Å². The van der Waals surface area contributed by atoms with Crippen molar-refractivity contribution in [2.45, 2.75) is 33.2 Å². The number of carbonyl (C=O) groups excluding carboxylic acids is 2. The minimum atomic E-state index is -0.249. The van der Waals surface area contributed by atoms with Crippen LogP contribution in [0.1, 0.15) is 26.3 Å². The average molecular weight is 369 g/mol. The largest absolute Gasteiger partial charge is 0.357 e. The fourth-order valence-corrected chi connectivity index (χ4v) is 2.67. The van der Waals surface area contributed by atoms with Crippen molar-refractivity contribution >= 4 is 46.6 Å². The number of carbonyl (C=O) groups is 2. The maximum absolute atomic E-state index is 11.8. The van der Waals surface area contributed by atoms with E-state index in [0.717, 1.165) is 11.3 Å². The van der Waals surface area contributed by atoms with E-state index in [1.807, 2.05) is 52.0 Å². The third-order valence-corrected chi connectivity index (χ3v) is 3.71. The van der Waals surface area contributed by atoms with Crippen LogP contribution in [0.25, 0.3) is 0 Å². The molecule has 2 amide bonds. The second-order valence-corrected chi connectivity index (χ2v) is 7.68. The number of thioether (sulfide) groups is 1. The van der Waals surface area contributed by atoms with Gasteiger partial charge in [0.1, 0.15) is 0 Å². The molecule has 1 rings (SSSR count). The van der Waals surface area contributed by atoms with Crippen LogP contribution < -0.4 is 21.5 Å². The molecule has 6 nitrogen and oxygen atoms in total. The first kappa shape index (κ1) is 20.2. The lowest BCUT2D eigenvalue weighted by Gasteiger charge is -2.23. The van der Waals surface area contributed by atoms with E-state index in [1.165, 1.54) is 11.8 Å². The number of rotatable bonds is 5. The van der Waals surface area contributed by atoms with Gasteiger partial charge in [-0.2, -0.15) is 0 Å². The molecule has 0 bridgehead atoms. The lowest BCUT2D eigenvalue weighted by Crippen LogP contribution is -2.52.